The topological polar surface area (TPSA) is 43.1 Å². The van der Waals surface area contributed by atoms with Gasteiger partial charge in [0.1, 0.15) is 5.83 Å². The number of nitrogens with two attached hydrogens (primary N) is 1. The Morgan fingerprint density at radius 2 is 2.33 bits per heavy atom. The van der Waals surface area contributed by atoms with Crippen LogP contribution in [0.1, 0.15) is 20.7 Å². The van der Waals surface area contributed by atoms with E-state index < -0.39 is 5.91 Å². The van der Waals surface area contributed by atoms with Crippen LogP contribution in [0.4, 0.5) is 4.39 Å². The fraction of sp³-hybridized carbons (Fsp3) is 0.500. The van der Waals surface area contributed by atoms with Crippen molar-refractivity contribution in [2.45, 2.75) is 19.3 Å². The fourth-order valence-electron chi connectivity index (χ4n) is 0.964. The van der Waals surface area contributed by atoms with Gasteiger partial charge < -0.3 is 5.73 Å². The number of carbonyl (C=O) groups excluding carboxylic acids is 1. The molecule has 0 aromatic rings. The average Bonchev–Trinajstić information content (AvgIpc) is 2.13. The lowest BCUT2D eigenvalue weighted by Crippen LogP contribution is -2.12. The van der Waals surface area contributed by atoms with Crippen LogP contribution in [0.2, 0.25) is 0 Å². The summed E-state index contributed by atoms with van der Waals surface area (Å²) in [5, 5.41) is 0. The molecule has 2 N–H and O–H groups in total. The third-order valence-corrected chi connectivity index (χ3v) is 1.45. The van der Waals surface area contributed by atoms with Crippen molar-refractivity contribution in [2.24, 2.45) is 5.73 Å². The van der Waals surface area contributed by atoms with Gasteiger partial charge in [0.15, 0.2) is 0 Å². The standard InChI is InChI=1S/C6H8FNO.H2/c7-5-3-1-2-4(5)6(8)9;/h1-3H2,(H2,8,9);1H. The molecule has 3 heteroatoms. The van der Waals surface area contributed by atoms with Gasteiger partial charge in [-0.1, -0.05) is 0 Å². The normalized spacial score (nSPS) is 18.8. The van der Waals surface area contributed by atoms with E-state index in [9.17, 15) is 9.18 Å². The SMILES string of the molecule is NC(=O)C1=C(F)CCC1.[HH]. The van der Waals surface area contributed by atoms with Crippen molar-refractivity contribution < 1.29 is 10.6 Å². The van der Waals surface area contributed by atoms with E-state index in [1.165, 1.54) is 0 Å². The molecule has 0 saturated carbocycles. The summed E-state index contributed by atoms with van der Waals surface area (Å²) in [5.41, 5.74) is 5.04. The van der Waals surface area contributed by atoms with E-state index in [0.717, 1.165) is 6.42 Å². The monoisotopic (exact) mass is 131 g/mol. The smallest absolute Gasteiger partial charge is 0.247 e. The van der Waals surface area contributed by atoms with Gasteiger partial charge >= 0.3 is 0 Å². The zero-order valence-electron chi connectivity index (χ0n) is 4.98. The van der Waals surface area contributed by atoms with E-state index >= 15 is 0 Å². The van der Waals surface area contributed by atoms with Crippen LogP contribution in [-0.4, -0.2) is 5.91 Å². The highest BCUT2D eigenvalue weighted by molar-refractivity contribution is 5.92. The van der Waals surface area contributed by atoms with Crippen molar-refractivity contribution in [3.05, 3.63) is 11.4 Å². The highest BCUT2D eigenvalue weighted by Gasteiger charge is 2.17. The molecule has 0 heterocycles. The quantitative estimate of drug-likeness (QED) is 0.569. The van der Waals surface area contributed by atoms with E-state index in [-0.39, 0.29) is 12.8 Å². The summed E-state index contributed by atoms with van der Waals surface area (Å²) >= 11 is 0. The molecule has 52 valence electrons. The van der Waals surface area contributed by atoms with Crippen LogP contribution in [0.3, 0.4) is 0 Å². The third-order valence-electron chi connectivity index (χ3n) is 1.45. The number of hydrogen-bond donors (Lipinski definition) is 1. The van der Waals surface area contributed by atoms with Gasteiger partial charge in [-0.25, -0.2) is 4.39 Å². The lowest BCUT2D eigenvalue weighted by molar-refractivity contribution is -0.114. The molecule has 9 heavy (non-hydrogen) atoms. The Labute approximate surface area is 54.0 Å². The van der Waals surface area contributed by atoms with E-state index in [1.807, 2.05) is 0 Å². The number of carbonyl (C=O) groups is 1. The van der Waals surface area contributed by atoms with Gasteiger partial charge in [0.05, 0.1) is 0 Å². The molecule has 0 aromatic heterocycles. The lowest BCUT2D eigenvalue weighted by atomic mass is 10.2. The molecule has 1 aliphatic rings. The zero-order chi connectivity index (χ0) is 6.85. The molecule has 1 amide bonds. The predicted molar refractivity (Wildman–Crippen MR) is 33.3 cm³/mol. The molecule has 1 rings (SSSR count). The van der Waals surface area contributed by atoms with E-state index in [1.54, 1.807) is 0 Å². The van der Waals surface area contributed by atoms with Crippen LogP contribution < -0.4 is 5.73 Å². The fourth-order valence-corrected chi connectivity index (χ4v) is 0.964. The van der Waals surface area contributed by atoms with Crippen LogP contribution in [0.25, 0.3) is 0 Å². The van der Waals surface area contributed by atoms with Crippen molar-refractivity contribution in [2.75, 3.05) is 0 Å². The maximum atomic E-state index is 12.4. The van der Waals surface area contributed by atoms with Gasteiger partial charge in [0, 0.05) is 7.00 Å². The zero-order valence-corrected chi connectivity index (χ0v) is 4.98. The van der Waals surface area contributed by atoms with Crippen molar-refractivity contribution in [1.29, 1.82) is 0 Å². The molecule has 0 radical (unpaired) electrons. The van der Waals surface area contributed by atoms with Crippen LogP contribution in [-0.2, 0) is 4.79 Å². The van der Waals surface area contributed by atoms with Gasteiger partial charge in [-0.2, -0.15) is 0 Å². The first-order valence-corrected chi connectivity index (χ1v) is 2.89. The summed E-state index contributed by atoms with van der Waals surface area (Å²) in [6.07, 6.45) is 1.63. The highest BCUT2D eigenvalue weighted by atomic mass is 19.1. The highest BCUT2D eigenvalue weighted by Crippen LogP contribution is 2.25. The molecule has 1 aliphatic carbocycles. The van der Waals surface area contributed by atoms with Crippen LogP contribution >= 0.6 is 0 Å². The largest absolute Gasteiger partial charge is 0.366 e. The first-order chi connectivity index (χ1) is 4.22. The minimum absolute atomic E-state index is 0. The second kappa shape index (κ2) is 2.17. The van der Waals surface area contributed by atoms with E-state index in [4.69, 9.17) is 5.73 Å². The Morgan fingerprint density at radius 3 is 2.56 bits per heavy atom. The summed E-state index contributed by atoms with van der Waals surface area (Å²) in [6.45, 7) is 0. The molecular weight excluding hydrogens is 121 g/mol. The molecule has 0 fully saturated rings. The average molecular weight is 131 g/mol. The molecule has 0 saturated heterocycles. The number of primary amides is 1. The maximum Gasteiger partial charge on any atom is 0.247 e. The Hall–Kier alpha value is -0.860. The minimum Gasteiger partial charge on any atom is -0.366 e. The maximum absolute atomic E-state index is 12.4. The van der Waals surface area contributed by atoms with Crippen molar-refractivity contribution in [1.82, 2.24) is 0 Å². The first-order valence-electron chi connectivity index (χ1n) is 2.89. The molecular formula is C6H10FNO. The number of amides is 1. The second-order valence-electron chi connectivity index (χ2n) is 2.10. The van der Waals surface area contributed by atoms with Crippen molar-refractivity contribution in [3.8, 4) is 0 Å². The Balaban J connectivity index is 0.000000810. The van der Waals surface area contributed by atoms with E-state index in [2.05, 4.69) is 0 Å². The summed E-state index contributed by atoms with van der Waals surface area (Å²) in [4.78, 5) is 10.3. The molecule has 0 aliphatic heterocycles. The first kappa shape index (κ1) is 6.26. The Bertz CT molecular complexity index is 179. The van der Waals surface area contributed by atoms with Gasteiger partial charge in [-0.3, -0.25) is 4.79 Å². The molecule has 0 bridgehead atoms. The molecule has 0 aromatic carbocycles. The number of halogens is 1. The Morgan fingerprint density at radius 1 is 1.67 bits per heavy atom. The summed E-state index contributed by atoms with van der Waals surface area (Å²) < 4.78 is 12.4. The second-order valence-corrected chi connectivity index (χ2v) is 2.10. The molecule has 0 atom stereocenters. The van der Waals surface area contributed by atoms with Gasteiger partial charge in [-0.05, 0) is 19.3 Å². The van der Waals surface area contributed by atoms with Crippen molar-refractivity contribution >= 4 is 5.91 Å². The van der Waals surface area contributed by atoms with E-state index in [0.29, 0.717) is 12.8 Å². The molecule has 0 spiro atoms. The van der Waals surface area contributed by atoms with Crippen molar-refractivity contribution in [3.63, 3.8) is 0 Å². The van der Waals surface area contributed by atoms with Gasteiger partial charge in [-0.15, -0.1) is 0 Å². The number of allylic oxidation sites excluding steroid dienone is 1. The predicted octanol–water partition coefficient (Wildman–Crippen LogP) is 1.13. The lowest BCUT2D eigenvalue weighted by Gasteiger charge is -1.90. The summed E-state index contributed by atoms with van der Waals surface area (Å²) in [6, 6.07) is 0. The molecule has 0 unspecified atom stereocenters. The number of hydrogen-bond acceptors (Lipinski definition) is 1. The van der Waals surface area contributed by atoms with Gasteiger partial charge in [0.25, 0.3) is 0 Å². The molecule has 2 nitrogen and oxygen atoms in total. The van der Waals surface area contributed by atoms with Crippen LogP contribution in [0.15, 0.2) is 11.4 Å². The minimum atomic E-state index is -0.606. The summed E-state index contributed by atoms with van der Waals surface area (Å²) in [5.74, 6) is -0.924. The van der Waals surface area contributed by atoms with Crippen LogP contribution in [0.5, 0.6) is 0 Å². The third kappa shape index (κ3) is 1.09. The van der Waals surface area contributed by atoms with Crippen LogP contribution in [0, 0.1) is 0 Å². The van der Waals surface area contributed by atoms with Gasteiger partial charge in [0.2, 0.25) is 5.91 Å². The Kier molecular flexibility index (Phi) is 1.51. The summed E-state index contributed by atoms with van der Waals surface area (Å²) in [7, 11) is 0. The number of rotatable bonds is 1.